The largest absolute Gasteiger partial charge is 0.444 e. The summed E-state index contributed by atoms with van der Waals surface area (Å²) in [7, 11) is 0. The fourth-order valence-electron chi connectivity index (χ4n) is 1.96. The van der Waals surface area contributed by atoms with Crippen molar-refractivity contribution in [3.63, 3.8) is 0 Å². The number of carbonyl (C=O) groups is 2. The van der Waals surface area contributed by atoms with Crippen LogP contribution in [-0.4, -0.2) is 23.5 Å². The van der Waals surface area contributed by atoms with E-state index in [9.17, 15) is 9.59 Å². The first-order valence-corrected chi connectivity index (χ1v) is 5.78. The van der Waals surface area contributed by atoms with E-state index < -0.39 is 5.60 Å². The summed E-state index contributed by atoms with van der Waals surface area (Å²) >= 11 is 0. The third-order valence-corrected chi connectivity index (χ3v) is 2.73. The summed E-state index contributed by atoms with van der Waals surface area (Å²) in [5.74, 6) is 0.327. The summed E-state index contributed by atoms with van der Waals surface area (Å²) in [4.78, 5) is 22.6. The standard InChI is InChI=1S/C12H21NO3/c1-8(14)9-5-6-10(7-9)13-11(15)16-12(2,3)4/h9-10H,5-7H2,1-4H3,(H,13,15)/t9-,10-/m1/s1. The van der Waals surface area contributed by atoms with Gasteiger partial charge in [0.15, 0.2) is 0 Å². The molecule has 0 saturated heterocycles. The molecule has 92 valence electrons. The molecule has 0 radical (unpaired) electrons. The average molecular weight is 227 g/mol. The van der Waals surface area contributed by atoms with Gasteiger partial charge in [0.2, 0.25) is 0 Å². The average Bonchev–Trinajstić information content (AvgIpc) is 2.48. The number of Topliss-reactive ketones (excluding diaryl/α,β-unsaturated/α-hetero) is 1. The number of nitrogens with one attached hydrogen (secondary N) is 1. The highest BCUT2D eigenvalue weighted by Crippen LogP contribution is 2.26. The molecule has 1 amide bonds. The highest BCUT2D eigenvalue weighted by Gasteiger charge is 2.29. The van der Waals surface area contributed by atoms with E-state index in [2.05, 4.69) is 5.32 Å². The van der Waals surface area contributed by atoms with E-state index in [1.54, 1.807) is 6.92 Å². The van der Waals surface area contributed by atoms with E-state index in [-0.39, 0.29) is 23.8 Å². The Bertz CT molecular complexity index is 280. The fourth-order valence-corrected chi connectivity index (χ4v) is 1.96. The van der Waals surface area contributed by atoms with Gasteiger partial charge in [0.05, 0.1) is 0 Å². The molecule has 0 heterocycles. The molecule has 4 nitrogen and oxygen atoms in total. The number of rotatable bonds is 2. The first-order valence-electron chi connectivity index (χ1n) is 5.78. The van der Waals surface area contributed by atoms with Crippen LogP contribution in [0, 0.1) is 5.92 Å². The minimum Gasteiger partial charge on any atom is -0.444 e. The molecule has 1 N–H and O–H groups in total. The Morgan fingerprint density at radius 1 is 1.25 bits per heavy atom. The van der Waals surface area contributed by atoms with E-state index in [0.717, 1.165) is 19.3 Å². The summed E-state index contributed by atoms with van der Waals surface area (Å²) in [5.41, 5.74) is -0.470. The number of hydrogen-bond acceptors (Lipinski definition) is 3. The molecular formula is C12H21NO3. The van der Waals surface area contributed by atoms with E-state index >= 15 is 0 Å². The minimum atomic E-state index is -0.470. The third-order valence-electron chi connectivity index (χ3n) is 2.73. The highest BCUT2D eigenvalue weighted by atomic mass is 16.6. The molecule has 0 aromatic rings. The van der Waals surface area contributed by atoms with Gasteiger partial charge in [0.1, 0.15) is 11.4 Å². The molecule has 2 atom stereocenters. The Hall–Kier alpha value is -1.06. The first-order chi connectivity index (χ1) is 7.28. The number of amides is 1. The molecule has 0 aromatic carbocycles. The zero-order chi connectivity index (χ0) is 12.3. The van der Waals surface area contributed by atoms with E-state index in [0.29, 0.717) is 0 Å². The van der Waals surface area contributed by atoms with Gasteiger partial charge in [-0.1, -0.05) is 0 Å². The van der Waals surface area contributed by atoms with Crippen LogP contribution in [-0.2, 0) is 9.53 Å². The number of ether oxygens (including phenoxy) is 1. The van der Waals surface area contributed by atoms with Crippen molar-refractivity contribution in [2.45, 2.75) is 58.6 Å². The van der Waals surface area contributed by atoms with Gasteiger partial charge in [-0.05, 0) is 47.0 Å². The van der Waals surface area contributed by atoms with Crippen molar-refractivity contribution in [2.24, 2.45) is 5.92 Å². The lowest BCUT2D eigenvalue weighted by Gasteiger charge is -2.21. The summed E-state index contributed by atoms with van der Waals surface area (Å²) < 4.78 is 5.16. The van der Waals surface area contributed by atoms with Crippen molar-refractivity contribution in [1.29, 1.82) is 0 Å². The lowest BCUT2D eigenvalue weighted by atomic mass is 10.0. The maximum atomic E-state index is 11.5. The van der Waals surface area contributed by atoms with E-state index in [1.807, 2.05) is 20.8 Å². The third kappa shape index (κ3) is 4.21. The molecule has 4 heteroatoms. The van der Waals surface area contributed by atoms with Gasteiger partial charge in [-0.15, -0.1) is 0 Å². The van der Waals surface area contributed by atoms with E-state index in [4.69, 9.17) is 4.74 Å². The Labute approximate surface area is 96.7 Å². The quantitative estimate of drug-likeness (QED) is 0.787. The predicted molar refractivity (Wildman–Crippen MR) is 61.2 cm³/mol. The maximum absolute atomic E-state index is 11.5. The van der Waals surface area contributed by atoms with Crippen LogP contribution in [0.4, 0.5) is 4.79 Å². The smallest absolute Gasteiger partial charge is 0.407 e. The van der Waals surface area contributed by atoms with Gasteiger partial charge in [-0.2, -0.15) is 0 Å². The predicted octanol–water partition coefficient (Wildman–Crippen LogP) is 2.27. The van der Waals surface area contributed by atoms with E-state index in [1.165, 1.54) is 0 Å². The van der Waals surface area contributed by atoms with Crippen molar-refractivity contribution in [2.75, 3.05) is 0 Å². The van der Waals surface area contributed by atoms with Gasteiger partial charge < -0.3 is 10.1 Å². The van der Waals surface area contributed by atoms with Crippen LogP contribution in [0.5, 0.6) is 0 Å². The van der Waals surface area contributed by atoms with Crippen molar-refractivity contribution >= 4 is 11.9 Å². The van der Waals surface area contributed by atoms with Gasteiger partial charge >= 0.3 is 6.09 Å². The number of ketones is 1. The molecule has 1 rings (SSSR count). The first kappa shape index (κ1) is 13.0. The topological polar surface area (TPSA) is 55.4 Å². The summed E-state index contributed by atoms with van der Waals surface area (Å²) in [5, 5.41) is 2.81. The fraction of sp³-hybridized carbons (Fsp3) is 0.833. The van der Waals surface area contributed by atoms with Crippen LogP contribution < -0.4 is 5.32 Å². The lowest BCUT2D eigenvalue weighted by Crippen LogP contribution is -2.38. The Kier molecular flexibility index (Phi) is 3.94. The molecule has 0 aliphatic heterocycles. The molecule has 1 aliphatic carbocycles. The molecule has 0 unspecified atom stereocenters. The summed E-state index contributed by atoms with van der Waals surface area (Å²) in [6.45, 7) is 7.11. The number of carbonyl (C=O) groups excluding carboxylic acids is 2. The summed E-state index contributed by atoms with van der Waals surface area (Å²) in [6, 6.07) is 0.0868. The van der Waals surface area contributed by atoms with Crippen LogP contribution in [0.2, 0.25) is 0 Å². The summed E-state index contributed by atoms with van der Waals surface area (Å²) in [6.07, 6.45) is 2.09. The Morgan fingerprint density at radius 2 is 1.88 bits per heavy atom. The minimum absolute atomic E-state index is 0.0868. The zero-order valence-electron chi connectivity index (χ0n) is 10.5. The maximum Gasteiger partial charge on any atom is 0.407 e. The van der Waals surface area contributed by atoms with Crippen LogP contribution in [0.3, 0.4) is 0 Å². The molecule has 1 aliphatic rings. The van der Waals surface area contributed by atoms with Crippen molar-refractivity contribution < 1.29 is 14.3 Å². The van der Waals surface area contributed by atoms with Gasteiger partial charge in [0, 0.05) is 12.0 Å². The van der Waals surface area contributed by atoms with Crippen molar-refractivity contribution in [3.8, 4) is 0 Å². The normalized spacial score (nSPS) is 25.2. The number of hydrogen-bond donors (Lipinski definition) is 1. The van der Waals surface area contributed by atoms with Crippen LogP contribution in [0.15, 0.2) is 0 Å². The van der Waals surface area contributed by atoms with Crippen LogP contribution in [0.1, 0.15) is 47.0 Å². The molecule has 1 saturated carbocycles. The molecule has 0 aromatic heterocycles. The number of alkyl carbamates (subject to hydrolysis) is 1. The van der Waals surface area contributed by atoms with Gasteiger partial charge in [-0.3, -0.25) is 4.79 Å². The van der Waals surface area contributed by atoms with Crippen molar-refractivity contribution in [3.05, 3.63) is 0 Å². The van der Waals surface area contributed by atoms with Crippen LogP contribution in [0.25, 0.3) is 0 Å². The zero-order valence-corrected chi connectivity index (χ0v) is 10.5. The molecule has 0 bridgehead atoms. The van der Waals surface area contributed by atoms with Gasteiger partial charge in [0.25, 0.3) is 0 Å². The second-order valence-corrected chi connectivity index (χ2v) is 5.46. The SMILES string of the molecule is CC(=O)[C@@H]1CC[C@@H](NC(=O)OC(C)(C)C)C1. The Morgan fingerprint density at radius 3 is 2.31 bits per heavy atom. The Balaban J connectivity index is 2.34. The molecule has 16 heavy (non-hydrogen) atoms. The molecule has 1 fully saturated rings. The van der Waals surface area contributed by atoms with Crippen molar-refractivity contribution in [1.82, 2.24) is 5.32 Å². The van der Waals surface area contributed by atoms with Gasteiger partial charge in [-0.25, -0.2) is 4.79 Å². The monoisotopic (exact) mass is 227 g/mol. The molecular weight excluding hydrogens is 206 g/mol. The second kappa shape index (κ2) is 4.85. The second-order valence-electron chi connectivity index (χ2n) is 5.46. The van der Waals surface area contributed by atoms with Crippen LogP contribution >= 0.6 is 0 Å². The highest BCUT2D eigenvalue weighted by molar-refractivity contribution is 5.78. The lowest BCUT2D eigenvalue weighted by molar-refractivity contribution is -0.120. The molecule has 0 spiro atoms.